The first-order valence-corrected chi connectivity index (χ1v) is 7.90. The Morgan fingerprint density at radius 1 is 1.26 bits per heavy atom. The standard InChI is InChI=1S/C17H24N4O2/c1-20-9-14(17(19-20)13-4-6-18-7-5-13)10-21-11-16(23-3)8-15(21)12-22-2/h4-7,9,15-16H,8,10-12H2,1-3H3/t15-,16+/m0/s1. The van der Waals surface area contributed by atoms with Crippen LogP contribution < -0.4 is 0 Å². The number of aromatic nitrogens is 3. The molecule has 1 aliphatic rings. The molecule has 2 atom stereocenters. The number of nitrogens with zero attached hydrogens (tertiary/aromatic N) is 4. The SMILES string of the molecule is COC[C@@H]1C[C@@H](OC)CN1Cc1cn(C)nc1-c1ccncc1. The van der Waals surface area contributed by atoms with Crippen LogP contribution in [0.4, 0.5) is 0 Å². The van der Waals surface area contributed by atoms with Gasteiger partial charge in [-0.1, -0.05) is 0 Å². The lowest BCUT2D eigenvalue weighted by Gasteiger charge is -2.23. The first-order valence-electron chi connectivity index (χ1n) is 7.90. The molecule has 0 bridgehead atoms. The summed E-state index contributed by atoms with van der Waals surface area (Å²) in [5.74, 6) is 0. The monoisotopic (exact) mass is 316 g/mol. The zero-order chi connectivity index (χ0) is 16.2. The number of hydrogen-bond donors (Lipinski definition) is 0. The molecule has 2 aromatic heterocycles. The van der Waals surface area contributed by atoms with Crippen molar-refractivity contribution in [3.05, 3.63) is 36.3 Å². The third-order valence-electron chi connectivity index (χ3n) is 4.41. The molecule has 1 fully saturated rings. The minimum Gasteiger partial charge on any atom is -0.383 e. The van der Waals surface area contributed by atoms with Crippen molar-refractivity contribution in [1.82, 2.24) is 19.7 Å². The number of aryl methyl sites for hydroxylation is 1. The van der Waals surface area contributed by atoms with E-state index in [9.17, 15) is 0 Å². The Labute approximate surface area is 137 Å². The fraction of sp³-hybridized carbons (Fsp3) is 0.529. The maximum absolute atomic E-state index is 5.55. The summed E-state index contributed by atoms with van der Waals surface area (Å²) < 4.78 is 12.8. The molecule has 1 saturated heterocycles. The Bertz CT molecular complexity index is 629. The van der Waals surface area contributed by atoms with E-state index in [0.717, 1.165) is 37.4 Å². The summed E-state index contributed by atoms with van der Waals surface area (Å²) in [6.45, 7) is 2.50. The van der Waals surface area contributed by atoms with Gasteiger partial charge in [-0.05, 0) is 18.6 Å². The molecule has 3 heterocycles. The summed E-state index contributed by atoms with van der Waals surface area (Å²) in [5.41, 5.74) is 3.34. The maximum atomic E-state index is 5.55. The van der Waals surface area contributed by atoms with Crippen LogP contribution in [0.3, 0.4) is 0 Å². The van der Waals surface area contributed by atoms with Crippen molar-refractivity contribution in [1.29, 1.82) is 0 Å². The van der Waals surface area contributed by atoms with Gasteiger partial charge in [0.25, 0.3) is 0 Å². The van der Waals surface area contributed by atoms with Crippen LogP contribution in [0.25, 0.3) is 11.3 Å². The Morgan fingerprint density at radius 2 is 2.04 bits per heavy atom. The average Bonchev–Trinajstić information content (AvgIpc) is 3.12. The van der Waals surface area contributed by atoms with E-state index < -0.39 is 0 Å². The Kier molecular flexibility index (Phi) is 5.05. The number of rotatable bonds is 6. The zero-order valence-corrected chi connectivity index (χ0v) is 14.0. The van der Waals surface area contributed by atoms with Gasteiger partial charge in [0.2, 0.25) is 0 Å². The highest BCUT2D eigenvalue weighted by molar-refractivity contribution is 5.61. The minimum absolute atomic E-state index is 0.274. The van der Waals surface area contributed by atoms with E-state index >= 15 is 0 Å². The highest BCUT2D eigenvalue weighted by Crippen LogP contribution is 2.27. The maximum Gasteiger partial charge on any atom is 0.0969 e. The molecular weight excluding hydrogens is 292 g/mol. The van der Waals surface area contributed by atoms with Crippen LogP contribution in [-0.4, -0.2) is 59.2 Å². The first-order chi connectivity index (χ1) is 11.2. The Hall–Kier alpha value is -1.76. The van der Waals surface area contributed by atoms with E-state index in [4.69, 9.17) is 9.47 Å². The van der Waals surface area contributed by atoms with Crippen LogP contribution in [0.2, 0.25) is 0 Å². The zero-order valence-electron chi connectivity index (χ0n) is 14.0. The topological polar surface area (TPSA) is 52.4 Å². The molecular formula is C17H24N4O2. The molecule has 0 saturated carbocycles. The first kappa shape index (κ1) is 16.1. The molecule has 3 rings (SSSR count). The predicted molar refractivity (Wildman–Crippen MR) is 87.9 cm³/mol. The minimum atomic E-state index is 0.274. The van der Waals surface area contributed by atoms with E-state index in [-0.39, 0.29) is 6.10 Å². The van der Waals surface area contributed by atoms with E-state index in [1.807, 2.05) is 23.9 Å². The molecule has 0 unspecified atom stereocenters. The van der Waals surface area contributed by atoms with Crippen molar-refractivity contribution in [2.45, 2.75) is 25.1 Å². The van der Waals surface area contributed by atoms with Gasteiger partial charge in [-0.2, -0.15) is 5.10 Å². The van der Waals surface area contributed by atoms with Gasteiger partial charge in [-0.25, -0.2) is 0 Å². The predicted octanol–water partition coefficient (Wildman–Crippen LogP) is 1.72. The molecule has 6 heteroatoms. The molecule has 0 aromatic carbocycles. The summed E-state index contributed by atoms with van der Waals surface area (Å²) in [6, 6.07) is 4.39. The largest absolute Gasteiger partial charge is 0.383 e. The second-order valence-corrected chi connectivity index (χ2v) is 6.04. The van der Waals surface area contributed by atoms with Crippen molar-refractivity contribution >= 4 is 0 Å². The van der Waals surface area contributed by atoms with Crippen LogP contribution in [0.5, 0.6) is 0 Å². The normalized spacial score (nSPS) is 21.9. The van der Waals surface area contributed by atoms with Gasteiger partial charge in [0.15, 0.2) is 0 Å². The molecule has 6 nitrogen and oxygen atoms in total. The second kappa shape index (κ2) is 7.21. The third-order valence-corrected chi connectivity index (χ3v) is 4.41. The second-order valence-electron chi connectivity index (χ2n) is 6.04. The van der Waals surface area contributed by atoms with Gasteiger partial charge in [-0.15, -0.1) is 0 Å². The highest BCUT2D eigenvalue weighted by atomic mass is 16.5. The van der Waals surface area contributed by atoms with Crippen molar-refractivity contribution in [2.75, 3.05) is 27.4 Å². The van der Waals surface area contributed by atoms with Crippen molar-refractivity contribution < 1.29 is 9.47 Å². The lowest BCUT2D eigenvalue weighted by Crippen LogP contribution is -2.32. The van der Waals surface area contributed by atoms with Gasteiger partial charge in [0, 0.05) is 70.1 Å². The Morgan fingerprint density at radius 3 is 2.74 bits per heavy atom. The lowest BCUT2D eigenvalue weighted by atomic mass is 10.1. The smallest absolute Gasteiger partial charge is 0.0969 e. The third kappa shape index (κ3) is 3.60. The van der Waals surface area contributed by atoms with Crippen molar-refractivity contribution in [3.8, 4) is 11.3 Å². The molecule has 0 spiro atoms. The van der Waals surface area contributed by atoms with Crippen molar-refractivity contribution in [2.24, 2.45) is 7.05 Å². The molecule has 0 aliphatic carbocycles. The molecule has 23 heavy (non-hydrogen) atoms. The van der Waals surface area contributed by atoms with Crippen LogP contribution in [0.15, 0.2) is 30.7 Å². The van der Waals surface area contributed by atoms with Gasteiger partial charge in [-0.3, -0.25) is 14.6 Å². The fourth-order valence-electron chi connectivity index (χ4n) is 3.29. The number of methoxy groups -OCH3 is 2. The number of hydrogen-bond acceptors (Lipinski definition) is 5. The van der Waals surface area contributed by atoms with E-state index in [2.05, 4.69) is 21.2 Å². The summed E-state index contributed by atoms with van der Waals surface area (Å²) in [4.78, 5) is 6.52. The van der Waals surface area contributed by atoms with E-state index in [1.54, 1.807) is 26.6 Å². The summed E-state index contributed by atoms with van der Waals surface area (Å²) in [7, 11) is 5.50. The number of ether oxygens (including phenoxy) is 2. The molecule has 0 N–H and O–H groups in total. The van der Waals surface area contributed by atoms with Gasteiger partial charge < -0.3 is 9.47 Å². The molecule has 124 valence electrons. The Balaban J connectivity index is 1.82. The van der Waals surface area contributed by atoms with Gasteiger partial charge >= 0.3 is 0 Å². The number of pyridine rings is 1. The van der Waals surface area contributed by atoms with Crippen molar-refractivity contribution in [3.63, 3.8) is 0 Å². The molecule has 1 aliphatic heterocycles. The van der Waals surface area contributed by atoms with E-state index in [0.29, 0.717) is 6.04 Å². The summed E-state index contributed by atoms with van der Waals surface area (Å²) >= 11 is 0. The van der Waals surface area contributed by atoms with Gasteiger partial charge in [0.05, 0.1) is 18.4 Å². The molecule has 0 amide bonds. The van der Waals surface area contributed by atoms with Crippen LogP contribution in [-0.2, 0) is 23.1 Å². The lowest BCUT2D eigenvalue weighted by molar-refractivity contribution is 0.106. The molecule has 2 aromatic rings. The van der Waals surface area contributed by atoms with Crippen LogP contribution in [0, 0.1) is 0 Å². The summed E-state index contributed by atoms with van der Waals surface area (Å²) in [6.07, 6.45) is 6.99. The number of likely N-dealkylation sites (tertiary alicyclic amines) is 1. The summed E-state index contributed by atoms with van der Waals surface area (Å²) in [5, 5.41) is 4.63. The highest BCUT2D eigenvalue weighted by Gasteiger charge is 2.32. The quantitative estimate of drug-likeness (QED) is 0.812. The van der Waals surface area contributed by atoms with Gasteiger partial charge in [0.1, 0.15) is 0 Å². The fourth-order valence-corrected chi connectivity index (χ4v) is 3.29. The van der Waals surface area contributed by atoms with Crippen LogP contribution >= 0.6 is 0 Å². The van der Waals surface area contributed by atoms with Crippen LogP contribution in [0.1, 0.15) is 12.0 Å². The van der Waals surface area contributed by atoms with E-state index in [1.165, 1.54) is 5.56 Å². The molecule has 0 radical (unpaired) electrons. The average molecular weight is 316 g/mol.